The van der Waals surface area contributed by atoms with Gasteiger partial charge in [0.1, 0.15) is 5.82 Å². The van der Waals surface area contributed by atoms with E-state index in [0.717, 1.165) is 22.2 Å². The van der Waals surface area contributed by atoms with E-state index in [4.69, 9.17) is 0 Å². The van der Waals surface area contributed by atoms with E-state index < -0.39 is 0 Å². The van der Waals surface area contributed by atoms with Gasteiger partial charge in [0.05, 0.1) is 11.7 Å². The minimum atomic E-state index is -0.306. The molecule has 0 N–H and O–H groups in total. The normalized spacial score (nSPS) is 11.2. The lowest BCUT2D eigenvalue weighted by Crippen LogP contribution is -2.07. The van der Waals surface area contributed by atoms with Gasteiger partial charge in [-0.3, -0.25) is 4.98 Å². The van der Waals surface area contributed by atoms with Crippen molar-refractivity contribution in [2.75, 3.05) is 19.0 Å². The van der Waals surface area contributed by atoms with Crippen LogP contribution >= 0.6 is 0 Å². The largest absolute Gasteiger partial charge is 0.378 e. The molecular formula is C19H17FN2. The van der Waals surface area contributed by atoms with Crippen molar-refractivity contribution in [3.63, 3.8) is 0 Å². The maximum absolute atomic E-state index is 14.1. The molecule has 0 aliphatic carbocycles. The number of para-hydroxylation sites is 1. The van der Waals surface area contributed by atoms with Crippen LogP contribution in [0.3, 0.4) is 0 Å². The fourth-order valence-corrected chi connectivity index (χ4v) is 2.37. The molecule has 1 heterocycles. The molecule has 0 spiro atoms. The minimum Gasteiger partial charge on any atom is -0.378 e. The van der Waals surface area contributed by atoms with Crippen LogP contribution in [-0.4, -0.2) is 19.1 Å². The Morgan fingerprint density at radius 2 is 1.68 bits per heavy atom. The zero-order valence-corrected chi connectivity index (χ0v) is 12.6. The second-order valence-electron chi connectivity index (χ2n) is 5.36. The Hall–Kier alpha value is -2.68. The number of benzene rings is 2. The quantitative estimate of drug-likeness (QED) is 0.700. The predicted molar refractivity (Wildman–Crippen MR) is 91.4 cm³/mol. The monoisotopic (exact) mass is 292 g/mol. The summed E-state index contributed by atoms with van der Waals surface area (Å²) in [5.41, 5.74) is 3.54. The number of pyridine rings is 1. The molecular weight excluding hydrogens is 275 g/mol. The number of rotatable bonds is 3. The van der Waals surface area contributed by atoms with Crippen molar-refractivity contribution in [3.05, 3.63) is 71.7 Å². The first-order valence-electron chi connectivity index (χ1n) is 7.14. The van der Waals surface area contributed by atoms with Gasteiger partial charge in [-0.1, -0.05) is 42.5 Å². The molecule has 0 aliphatic heterocycles. The lowest BCUT2D eigenvalue weighted by Gasteiger charge is -2.11. The summed E-state index contributed by atoms with van der Waals surface area (Å²) in [4.78, 5) is 6.16. The number of fused-ring (bicyclic) bond motifs is 1. The Bertz CT molecular complexity index is 820. The van der Waals surface area contributed by atoms with E-state index in [1.165, 1.54) is 6.20 Å². The fourth-order valence-electron chi connectivity index (χ4n) is 2.37. The average molecular weight is 292 g/mol. The summed E-state index contributed by atoms with van der Waals surface area (Å²) < 4.78 is 14.1. The Morgan fingerprint density at radius 3 is 2.41 bits per heavy atom. The highest BCUT2D eigenvalue weighted by Gasteiger charge is 2.05. The van der Waals surface area contributed by atoms with Crippen molar-refractivity contribution < 1.29 is 4.39 Å². The third-order valence-electron chi connectivity index (χ3n) is 3.62. The number of halogens is 1. The number of nitrogens with zero attached hydrogens (tertiary/aromatic N) is 2. The average Bonchev–Trinajstić information content (AvgIpc) is 2.54. The Balaban J connectivity index is 1.97. The van der Waals surface area contributed by atoms with Crippen LogP contribution in [0.4, 0.5) is 10.1 Å². The molecule has 0 saturated carbocycles. The molecule has 0 amide bonds. The molecule has 3 heteroatoms. The molecule has 0 atom stereocenters. The molecule has 2 aromatic carbocycles. The summed E-state index contributed by atoms with van der Waals surface area (Å²) in [6.45, 7) is 0. The highest BCUT2D eigenvalue weighted by atomic mass is 19.1. The molecule has 1 aromatic heterocycles. The van der Waals surface area contributed by atoms with Gasteiger partial charge in [-0.25, -0.2) is 4.39 Å². The second kappa shape index (κ2) is 5.98. The first-order chi connectivity index (χ1) is 10.6. The molecule has 0 unspecified atom stereocenters. The number of hydrogen-bond donors (Lipinski definition) is 0. The van der Waals surface area contributed by atoms with Gasteiger partial charge < -0.3 is 4.90 Å². The topological polar surface area (TPSA) is 16.1 Å². The fraction of sp³-hybridized carbons (Fsp3) is 0.105. The van der Waals surface area contributed by atoms with Gasteiger partial charge in [0, 0.05) is 30.7 Å². The molecule has 0 bridgehead atoms. The molecule has 0 fully saturated rings. The third-order valence-corrected chi connectivity index (χ3v) is 3.62. The summed E-state index contributed by atoms with van der Waals surface area (Å²) in [5, 5.41) is 0.823. The maximum Gasteiger partial charge on any atom is 0.149 e. The van der Waals surface area contributed by atoms with Gasteiger partial charge in [-0.15, -0.1) is 0 Å². The molecule has 0 aliphatic rings. The first-order valence-corrected chi connectivity index (χ1v) is 7.14. The van der Waals surface area contributed by atoms with Crippen LogP contribution in [0.2, 0.25) is 0 Å². The molecule has 0 radical (unpaired) electrons. The summed E-state index contributed by atoms with van der Waals surface area (Å²) in [5.74, 6) is -0.306. The van der Waals surface area contributed by atoms with Gasteiger partial charge in [-0.2, -0.15) is 0 Å². The standard InChI is InChI=1S/C19H17FN2/c1-22(2)15-10-7-14(8-11-15)9-12-16-17-5-3-4-6-19(17)21-13-18(16)20/h3-13H,1-2H3/b12-9+. The van der Waals surface area contributed by atoms with Crippen molar-refractivity contribution in [2.24, 2.45) is 0 Å². The number of aromatic nitrogens is 1. The molecule has 0 saturated heterocycles. The van der Waals surface area contributed by atoms with E-state index in [2.05, 4.69) is 4.98 Å². The van der Waals surface area contributed by atoms with Gasteiger partial charge >= 0.3 is 0 Å². The van der Waals surface area contributed by atoms with Crippen LogP contribution in [0.1, 0.15) is 11.1 Å². The van der Waals surface area contributed by atoms with E-state index in [-0.39, 0.29) is 5.82 Å². The van der Waals surface area contributed by atoms with Crippen LogP contribution in [0.25, 0.3) is 23.1 Å². The Labute approximate surface area is 129 Å². The van der Waals surface area contributed by atoms with Gasteiger partial charge in [0.25, 0.3) is 0 Å². The van der Waals surface area contributed by atoms with Gasteiger partial charge in [0.2, 0.25) is 0 Å². The van der Waals surface area contributed by atoms with E-state index in [9.17, 15) is 4.39 Å². The first kappa shape index (κ1) is 14.3. The van der Waals surface area contributed by atoms with E-state index in [0.29, 0.717) is 5.56 Å². The van der Waals surface area contributed by atoms with Gasteiger partial charge in [-0.05, 0) is 23.8 Å². The molecule has 22 heavy (non-hydrogen) atoms. The predicted octanol–water partition coefficient (Wildman–Crippen LogP) is 4.61. The van der Waals surface area contributed by atoms with Crippen LogP contribution < -0.4 is 4.90 Å². The van der Waals surface area contributed by atoms with E-state index >= 15 is 0 Å². The van der Waals surface area contributed by atoms with E-state index in [1.807, 2.05) is 79.7 Å². The Kier molecular flexibility index (Phi) is 3.88. The van der Waals surface area contributed by atoms with Crippen molar-refractivity contribution >= 4 is 28.7 Å². The highest BCUT2D eigenvalue weighted by molar-refractivity contribution is 5.90. The van der Waals surface area contributed by atoms with Crippen LogP contribution in [0.15, 0.2) is 54.7 Å². The lowest BCUT2D eigenvalue weighted by atomic mass is 10.1. The highest BCUT2D eigenvalue weighted by Crippen LogP contribution is 2.22. The zero-order valence-electron chi connectivity index (χ0n) is 12.6. The van der Waals surface area contributed by atoms with Crippen molar-refractivity contribution in [1.82, 2.24) is 4.98 Å². The number of hydrogen-bond acceptors (Lipinski definition) is 2. The van der Waals surface area contributed by atoms with Crippen molar-refractivity contribution in [3.8, 4) is 0 Å². The number of anilines is 1. The summed E-state index contributed by atoms with van der Waals surface area (Å²) in [6.07, 6.45) is 5.01. The molecule has 2 nitrogen and oxygen atoms in total. The van der Waals surface area contributed by atoms with Crippen molar-refractivity contribution in [1.29, 1.82) is 0 Å². The molecule has 110 valence electrons. The smallest absolute Gasteiger partial charge is 0.149 e. The molecule has 3 rings (SSSR count). The zero-order chi connectivity index (χ0) is 15.5. The van der Waals surface area contributed by atoms with Crippen LogP contribution in [0, 0.1) is 5.82 Å². The SMILES string of the molecule is CN(C)c1ccc(/C=C/c2c(F)cnc3ccccc23)cc1. The third kappa shape index (κ3) is 2.84. The second-order valence-corrected chi connectivity index (χ2v) is 5.36. The van der Waals surface area contributed by atoms with Gasteiger partial charge in [0.15, 0.2) is 0 Å². The molecule has 3 aromatic rings. The summed E-state index contributed by atoms with van der Waals surface area (Å²) >= 11 is 0. The lowest BCUT2D eigenvalue weighted by molar-refractivity contribution is 0.621. The Morgan fingerprint density at radius 1 is 0.955 bits per heavy atom. The summed E-state index contributed by atoms with van der Waals surface area (Å²) in [7, 11) is 4.01. The van der Waals surface area contributed by atoms with E-state index in [1.54, 1.807) is 0 Å². The van der Waals surface area contributed by atoms with Crippen LogP contribution in [0.5, 0.6) is 0 Å². The summed E-state index contributed by atoms with van der Waals surface area (Å²) in [6, 6.07) is 15.7. The minimum absolute atomic E-state index is 0.306. The maximum atomic E-state index is 14.1. The van der Waals surface area contributed by atoms with Crippen molar-refractivity contribution in [2.45, 2.75) is 0 Å². The van der Waals surface area contributed by atoms with Crippen LogP contribution in [-0.2, 0) is 0 Å².